The van der Waals surface area contributed by atoms with Crippen LogP contribution in [-0.4, -0.2) is 45.9 Å². The van der Waals surface area contributed by atoms with E-state index >= 15 is 0 Å². The number of piperidine rings is 1. The summed E-state index contributed by atoms with van der Waals surface area (Å²) >= 11 is 0. The Morgan fingerprint density at radius 2 is 1.92 bits per heavy atom. The van der Waals surface area contributed by atoms with Crippen LogP contribution in [0, 0.1) is 5.92 Å². The van der Waals surface area contributed by atoms with E-state index in [0.29, 0.717) is 17.4 Å². The molecule has 4 heteroatoms. The van der Waals surface area contributed by atoms with Gasteiger partial charge < -0.3 is 4.90 Å². The average Bonchev–Trinajstić information content (AvgIpc) is 3.28. The van der Waals surface area contributed by atoms with Crippen LogP contribution in [0.15, 0.2) is 24.5 Å². The lowest BCUT2D eigenvalue weighted by Crippen LogP contribution is -2.53. The summed E-state index contributed by atoms with van der Waals surface area (Å²) in [7, 11) is 0. The van der Waals surface area contributed by atoms with Crippen LogP contribution in [0.3, 0.4) is 0 Å². The number of hydrogen-bond acceptors (Lipinski definition) is 3. The second kappa shape index (κ2) is 7.45. The summed E-state index contributed by atoms with van der Waals surface area (Å²) < 4.78 is 0. The van der Waals surface area contributed by atoms with Gasteiger partial charge in [0.15, 0.2) is 0 Å². The topological polar surface area (TPSA) is 36.4 Å². The highest BCUT2D eigenvalue weighted by Gasteiger charge is 2.43. The van der Waals surface area contributed by atoms with Crippen LogP contribution in [0.5, 0.6) is 0 Å². The lowest BCUT2D eigenvalue weighted by atomic mass is 9.84. The van der Waals surface area contributed by atoms with Crippen LogP contribution in [0.25, 0.3) is 0 Å². The molecular formula is C21H31N3O. The Kier molecular flexibility index (Phi) is 5.07. The maximum Gasteiger partial charge on any atom is 0.222 e. The molecule has 3 aliphatic rings. The molecule has 0 unspecified atom stereocenters. The van der Waals surface area contributed by atoms with Crippen LogP contribution < -0.4 is 0 Å². The molecule has 2 saturated heterocycles. The van der Waals surface area contributed by atoms with E-state index in [1.807, 2.05) is 18.5 Å². The highest BCUT2D eigenvalue weighted by molar-refractivity contribution is 5.76. The summed E-state index contributed by atoms with van der Waals surface area (Å²) in [6, 6.07) is 4.21. The number of aromatic nitrogens is 1. The average molecular weight is 341 g/mol. The third-order valence-electron chi connectivity index (χ3n) is 6.82. The number of carbonyl (C=O) groups is 1. The van der Waals surface area contributed by atoms with Crippen LogP contribution in [0.2, 0.25) is 0 Å². The molecule has 2 aliphatic heterocycles. The highest BCUT2D eigenvalue weighted by Crippen LogP contribution is 2.39. The molecule has 3 heterocycles. The lowest BCUT2D eigenvalue weighted by Gasteiger charge is -2.45. The number of amides is 1. The van der Waals surface area contributed by atoms with Crippen LogP contribution in [-0.2, 0) is 11.3 Å². The van der Waals surface area contributed by atoms with Gasteiger partial charge in [-0.15, -0.1) is 0 Å². The van der Waals surface area contributed by atoms with Gasteiger partial charge in [0.2, 0.25) is 5.91 Å². The van der Waals surface area contributed by atoms with E-state index in [-0.39, 0.29) is 0 Å². The minimum atomic E-state index is 0.319. The van der Waals surface area contributed by atoms with Crippen molar-refractivity contribution in [2.45, 2.75) is 69.9 Å². The van der Waals surface area contributed by atoms with Crippen molar-refractivity contribution in [1.82, 2.24) is 14.8 Å². The molecular weight excluding hydrogens is 310 g/mol. The standard InChI is InChI=1S/C21H31N3O/c25-20(15-18-5-1-2-6-18)23-13-9-21(10-14-23)8-4-12-24(21)17-19-7-3-11-22-16-19/h3,7,11,16,18H,1-2,4-6,8-10,12-15,17H2. The van der Waals surface area contributed by atoms with E-state index in [4.69, 9.17) is 0 Å². The number of hydrogen-bond donors (Lipinski definition) is 0. The van der Waals surface area contributed by atoms with E-state index in [9.17, 15) is 4.79 Å². The maximum atomic E-state index is 12.6. The minimum absolute atomic E-state index is 0.319. The molecule has 0 radical (unpaired) electrons. The highest BCUT2D eigenvalue weighted by atomic mass is 16.2. The molecule has 25 heavy (non-hydrogen) atoms. The monoisotopic (exact) mass is 341 g/mol. The SMILES string of the molecule is O=C(CC1CCCC1)N1CCC2(CCCN2Cc2cccnc2)CC1. The van der Waals surface area contributed by atoms with Gasteiger partial charge in [-0.3, -0.25) is 14.7 Å². The molecule has 1 spiro atoms. The van der Waals surface area contributed by atoms with E-state index < -0.39 is 0 Å². The Morgan fingerprint density at radius 1 is 1.12 bits per heavy atom. The van der Waals surface area contributed by atoms with Gasteiger partial charge in [-0.05, 0) is 62.6 Å². The van der Waals surface area contributed by atoms with Gasteiger partial charge in [-0.1, -0.05) is 18.9 Å². The first kappa shape index (κ1) is 17.0. The Morgan fingerprint density at radius 3 is 2.64 bits per heavy atom. The van der Waals surface area contributed by atoms with Crippen molar-refractivity contribution in [3.8, 4) is 0 Å². The third kappa shape index (κ3) is 3.74. The fourth-order valence-corrected chi connectivity index (χ4v) is 5.28. The van der Waals surface area contributed by atoms with Gasteiger partial charge in [-0.25, -0.2) is 0 Å². The molecule has 4 rings (SSSR count). The number of carbonyl (C=O) groups excluding carboxylic acids is 1. The molecule has 1 saturated carbocycles. The molecule has 3 fully saturated rings. The smallest absolute Gasteiger partial charge is 0.222 e. The van der Waals surface area contributed by atoms with E-state index in [1.165, 1.54) is 50.6 Å². The summed E-state index contributed by atoms with van der Waals surface area (Å²) in [5, 5.41) is 0. The van der Waals surface area contributed by atoms with Gasteiger partial charge in [0.1, 0.15) is 0 Å². The van der Waals surface area contributed by atoms with Crippen molar-refractivity contribution < 1.29 is 4.79 Å². The van der Waals surface area contributed by atoms with Crippen molar-refractivity contribution in [3.05, 3.63) is 30.1 Å². The number of likely N-dealkylation sites (tertiary alicyclic amines) is 2. The summed E-state index contributed by atoms with van der Waals surface area (Å²) in [5.74, 6) is 1.08. The van der Waals surface area contributed by atoms with Crippen molar-refractivity contribution in [1.29, 1.82) is 0 Å². The van der Waals surface area contributed by atoms with Gasteiger partial charge in [-0.2, -0.15) is 0 Å². The molecule has 1 aromatic heterocycles. The molecule has 0 N–H and O–H groups in total. The summed E-state index contributed by atoms with van der Waals surface area (Å²) in [6.45, 7) is 4.10. The van der Waals surface area contributed by atoms with Gasteiger partial charge in [0, 0.05) is 44.0 Å². The molecule has 136 valence electrons. The zero-order valence-electron chi connectivity index (χ0n) is 15.3. The summed E-state index contributed by atoms with van der Waals surface area (Å²) in [6.07, 6.45) is 14.7. The van der Waals surface area contributed by atoms with Crippen LogP contribution in [0.1, 0.15) is 63.4 Å². The second-order valence-corrected chi connectivity index (χ2v) is 8.35. The molecule has 0 atom stereocenters. The second-order valence-electron chi connectivity index (χ2n) is 8.35. The van der Waals surface area contributed by atoms with Crippen LogP contribution >= 0.6 is 0 Å². The summed E-state index contributed by atoms with van der Waals surface area (Å²) in [5.41, 5.74) is 1.63. The Hall–Kier alpha value is -1.42. The zero-order valence-corrected chi connectivity index (χ0v) is 15.3. The minimum Gasteiger partial charge on any atom is -0.343 e. The summed E-state index contributed by atoms with van der Waals surface area (Å²) in [4.78, 5) is 21.7. The quantitative estimate of drug-likeness (QED) is 0.839. The van der Waals surface area contributed by atoms with Crippen molar-refractivity contribution in [3.63, 3.8) is 0 Å². The van der Waals surface area contributed by atoms with Gasteiger partial charge in [0.25, 0.3) is 0 Å². The number of nitrogens with zero attached hydrogens (tertiary/aromatic N) is 3. The fraction of sp³-hybridized carbons (Fsp3) is 0.714. The van der Waals surface area contributed by atoms with Gasteiger partial charge in [0.05, 0.1) is 0 Å². The van der Waals surface area contributed by atoms with E-state index in [2.05, 4.69) is 20.9 Å². The fourth-order valence-electron chi connectivity index (χ4n) is 5.28. The first-order chi connectivity index (χ1) is 12.3. The van der Waals surface area contributed by atoms with Crippen molar-refractivity contribution in [2.24, 2.45) is 5.92 Å². The first-order valence-corrected chi connectivity index (χ1v) is 10.2. The lowest BCUT2D eigenvalue weighted by molar-refractivity contribution is -0.134. The molecule has 0 bridgehead atoms. The predicted octanol–water partition coefficient (Wildman–Crippen LogP) is 3.62. The Labute approximate surface area is 151 Å². The third-order valence-corrected chi connectivity index (χ3v) is 6.82. The maximum absolute atomic E-state index is 12.6. The Balaban J connectivity index is 1.33. The van der Waals surface area contributed by atoms with E-state index in [1.54, 1.807) is 0 Å². The Bertz CT molecular complexity index is 574. The van der Waals surface area contributed by atoms with Gasteiger partial charge >= 0.3 is 0 Å². The molecule has 1 aromatic rings. The molecule has 4 nitrogen and oxygen atoms in total. The molecule has 1 aliphatic carbocycles. The number of rotatable bonds is 4. The normalized spacial score (nSPS) is 24.2. The zero-order chi connectivity index (χ0) is 17.1. The van der Waals surface area contributed by atoms with Crippen molar-refractivity contribution in [2.75, 3.05) is 19.6 Å². The van der Waals surface area contributed by atoms with E-state index in [0.717, 1.165) is 38.9 Å². The van der Waals surface area contributed by atoms with Crippen molar-refractivity contribution >= 4 is 5.91 Å². The van der Waals surface area contributed by atoms with Crippen LogP contribution in [0.4, 0.5) is 0 Å². The largest absolute Gasteiger partial charge is 0.343 e. The molecule has 0 aromatic carbocycles. The first-order valence-electron chi connectivity index (χ1n) is 10.2. The number of pyridine rings is 1. The predicted molar refractivity (Wildman–Crippen MR) is 99.0 cm³/mol. The molecule has 1 amide bonds.